The van der Waals surface area contributed by atoms with Gasteiger partial charge in [0.15, 0.2) is 0 Å². The molecule has 2 aromatic carbocycles. The maximum absolute atomic E-state index is 12.0. The lowest BCUT2D eigenvalue weighted by Crippen LogP contribution is -2.24. The molecule has 14 heteroatoms. The first-order chi connectivity index (χ1) is 21.4. The van der Waals surface area contributed by atoms with Gasteiger partial charge in [0.1, 0.15) is 11.5 Å². The van der Waals surface area contributed by atoms with Crippen LogP contribution in [0.2, 0.25) is 0 Å². The molecule has 0 aromatic heterocycles. The minimum atomic E-state index is -1.16. The molecule has 0 unspecified atom stereocenters. The van der Waals surface area contributed by atoms with Crippen molar-refractivity contribution in [3.63, 3.8) is 0 Å². The second kappa shape index (κ2) is 18.9. The first kappa shape index (κ1) is 33.9. The number of hydrogen-bond donors (Lipinski definition) is 0. The van der Waals surface area contributed by atoms with Gasteiger partial charge in [-0.15, -0.1) is 0 Å². The molecule has 240 valence electrons. The first-order valence-electron chi connectivity index (χ1n) is 14.3. The number of benzene rings is 2. The molecule has 1 aliphatic carbocycles. The van der Waals surface area contributed by atoms with Crippen molar-refractivity contribution in [2.45, 2.75) is 52.4 Å². The summed E-state index contributed by atoms with van der Waals surface area (Å²) in [4.78, 5) is 65.0. The van der Waals surface area contributed by atoms with Crippen molar-refractivity contribution in [3.8, 4) is 11.5 Å². The van der Waals surface area contributed by atoms with Gasteiger partial charge in [-0.2, -0.15) is 0 Å². The van der Waals surface area contributed by atoms with Crippen LogP contribution in [0, 0.1) is 11.8 Å². The summed E-state index contributed by atoms with van der Waals surface area (Å²) in [5.41, 5.74) is 0.345. The SMILES string of the molecule is CCCOc1ccc(C(=O)OOOC(=O)OCC2CCC(COC(=O)OOOC(=O)c3ccc(OCCC)cc3)CC2)cc1. The fourth-order valence-electron chi connectivity index (χ4n) is 4.05. The molecule has 0 bridgehead atoms. The zero-order chi connectivity index (χ0) is 31.6. The number of rotatable bonds is 16. The molecule has 0 heterocycles. The zero-order valence-electron chi connectivity index (χ0n) is 24.6. The number of carbonyl (C=O) groups is 4. The summed E-state index contributed by atoms with van der Waals surface area (Å²) in [5.74, 6) is -0.412. The number of hydrogen-bond acceptors (Lipinski definition) is 14. The number of ether oxygens (including phenoxy) is 4. The Morgan fingerprint density at radius 3 is 1.27 bits per heavy atom. The highest BCUT2D eigenvalue weighted by molar-refractivity contribution is 5.89. The van der Waals surface area contributed by atoms with Crippen molar-refractivity contribution in [1.29, 1.82) is 0 Å². The Balaban J connectivity index is 1.20. The quantitative estimate of drug-likeness (QED) is 0.120. The van der Waals surface area contributed by atoms with E-state index < -0.39 is 24.2 Å². The molecule has 0 radical (unpaired) electrons. The van der Waals surface area contributed by atoms with Crippen molar-refractivity contribution in [2.24, 2.45) is 11.8 Å². The van der Waals surface area contributed by atoms with Gasteiger partial charge in [0.2, 0.25) is 0 Å². The highest BCUT2D eigenvalue weighted by atomic mass is 17.5. The van der Waals surface area contributed by atoms with Crippen LogP contribution in [0.4, 0.5) is 9.59 Å². The first-order valence-corrected chi connectivity index (χ1v) is 14.3. The third kappa shape index (κ3) is 12.4. The predicted octanol–water partition coefficient (Wildman–Crippen LogP) is 6.08. The van der Waals surface area contributed by atoms with Gasteiger partial charge < -0.3 is 18.9 Å². The second-order valence-electron chi connectivity index (χ2n) is 9.80. The van der Waals surface area contributed by atoms with Crippen LogP contribution in [0.25, 0.3) is 0 Å². The molecule has 0 N–H and O–H groups in total. The van der Waals surface area contributed by atoms with Crippen LogP contribution in [-0.2, 0) is 39.1 Å². The zero-order valence-corrected chi connectivity index (χ0v) is 24.6. The van der Waals surface area contributed by atoms with E-state index in [0.29, 0.717) is 50.4 Å². The molecule has 0 saturated heterocycles. The Morgan fingerprint density at radius 1 is 0.568 bits per heavy atom. The van der Waals surface area contributed by atoms with Crippen molar-refractivity contribution < 1.29 is 67.8 Å². The molecule has 0 atom stereocenters. The van der Waals surface area contributed by atoms with E-state index in [2.05, 4.69) is 29.6 Å². The molecule has 0 spiro atoms. The summed E-state index contributed by atoms with van der Waals surface area (Å²) >= 11 is 0. The maximum Gasteiger partial charge on any atom is 0.543 e. The molecule has 14 nitrogen and oxygen atoms in total. The molecule has 44 heavy (non-hydrogen) atoms. The van der Waals surface area contributed by atoms with E-state index in [-0.39, 0.29) is 36.2 Å². The molecular weight excluding hydrogens is 584 g/mol. The van der Waals surface area contributed by atoms with Crippen LogP contribution in [0.5, 0.6) is 11.5 Å². The third-order valence-corrected chi connectivity index (χ3v) is 6.39. The van der Waals surface area contributed by atoms with Crippen LogP contribution in [0.15, 0.2) is 48.5 Å². The van der Waals surface area contributed by atoms with Crippen molar-refractivity contribution in [3.05, 3.63) is 59.7 Å². The Kier molecular flexibility index (Phi) is 14.6. The normalized spacial score (nSPS) is 15.8. The van der Waals surface area contributed by atoms with Crippen LogP contribution in [0.3, 0.4) is 0 Å². The van der Waals surface area contributed by atoms with Gasteiger partial charge in [-0.1, -0.05) is 13.8 Å². The van der Waals surface area contributed by atoms with E-state index in [0.717, 1.165) is 12.8 Å². The van der Waals surface area contributed by atoms with Crippen LogP contribution < -0.4 is 9.47 Å². The van der Waals surface area contributed by atoms with E-state index in [9.17, 15) is 19.2 Å². The Hall–Kier alpha value is -4.56. The van der Waals surface area contributed by atoms with Crippen molar-refractivity contribution >= 4 is 24.2 Å². The molecular formula is C30H36O14. The fraction of sp³-hybridized carbons (Fsp3) is 0.467. The van der Waals surface area contributed by atoms with Gasteiger partial charge >= 0.3 is 24.2 Å². The Labute approximate surface area is 254 Å². The van der Waals surface area contributed by atoms with Gasteiger partial charge in [0, 0.05) is 0 Å². The Bertz CT molecular complexity index is 1080. The van der Waals surface area contributed by atoms with Gasteiger partial charge in [0.05, 0.1) is 47.6 Å². The smallest absolute Gasteiger partial charge is 0.494 e. The van der Waals surface area contributed by atoms with Gasteiger partial charge in [0.25, 0.3) is 0 Å². The third-order valence-electron chi connectivity index (χ3n) is 6.39. The highest BCUT2D eigenvalue weighted by Crippen LogP contribution is 2.29. The summed E-state index contributed by atoms with van der Waals surface area (Å²) in [5, 5.41) is 8.48. The van der Waals surface area contributed by atoms with E-state index in [1.807, 2.05) is 13.8 Å². The van der Waals surface area contributed by atoms with E-state index in [4.69, 9.17) is 18.9 Å². The van der Waals surface area contributed by atoms with Crippen LogP contribution in [-0.4, -0.2) is 50.7 Å². The summed E-state index contributed by atoms with van der Waals surface area (Å²) < 4.78 is 20.9. The summed E-state index contributed by atoms with van der Waals surface area (Å²) in [6.07, 6.45) is 2.17. The largest absolute Gasteiger partial charge is 0.543 e. The lowest BCUT2D eigenvalue weighted by Gasteiger charge is -2.27. The fourth-order valence-corrected chi connectivity index (χ4v) is 4.05. The summed E-state index contributed by atoms with van der Waals surface area (Å²) in [6, 6.07) is 12.4. The summed E-state index contributed by atoms with van der Waals surface area (Å²) in [7, 11) is 0. The lowest BCUT2D eigenvalue weighted by molar-refractivity contribution is -0.452. The molecule has 1 saturated carbocycles. The van der Waals surface area contributed by atoms with E-state index in [1.165, 1.54) is 24.3 Å². The van der Waals surface area contributed by atoms with Gasteiger partial charge in [-0.3, -0.25) is 9.78 Å². The second-order valence-corrected chi connectivity index (χ2v) is 9.80. The molecule has 2 aromatic rings. The lowest BCUT2D eigenvalue weighted by atomic mass is 9.83. The standard InChI is InChI=1S/C30H36O14/c1-3-17-35-25-13-9-23(10-14-25)27(31)39-43-41-29(33)37-19-21-5-7-22(8-6-21)20-38-30(34)42-44-40-28(32)24-11-15-26(16-12-24)36-18-4-2/h9-16,21-22H,3-8,17-20H2,1-2H3. The maximum atomic E-state index is 12.0. The monoisotopic (exact) mass is 620 g/mol. The molecule has 1 fully saturated rings. The van der Waals surface area contributed by atoms with Gasteiger partial charge in [-0.05, 0) is 98.9 Å². The minimum Gasteiger partial charge on any atom is -0.494 e. The Morgan fingerprint density at radius 2 is 0.932 bits per heavy atom. The highest BCUT2D eigenvalue weighted by Gasteiger charge is 2.25. The topological polar surface area (TPSA) is 161 Å². The molecule has 1 aliphatic rings. The average molecular weight is 621 g/mol. The van der Waals surface area contributed by atoms with E-state index >= 15 is 0 Å². The van der Waals surface area contributed by atoms with Crippen molar-refractivity contribution in [1.82, 2.24) is 0 Å². The predicted molar refractivity (Wildman–Crippen MR) is 148 cm³/mol. The molecule has 0 amide bonds. The number of carbonyl (C=O) groups excluding carboxylic acids is 4. The minimum absolute atomic E-state index is 0.0526. The van der Waals surface area contributed by atoms with E-state index in [1.54, 1.807) is 24.3 Å². The van der Waals surface area contributed by atoms with Crippen LogP contribution >= 0.6 is 0 Å². The summed E-state index contributed by atoms with van der Waals surface area (Å²) in [6.45, 7) is 5.20. The van der Waals surface area contributed by atoms with Crippen LogP contribution in [0.1, 0.15) is 73.1 Å². The average Bonchev–Trinajstić information content (AvgIpc) is 3.05. The molecule has 0 aliphatic heterocycles. The van der Waals surface area contributed by atoms with Gasteiger partial charge in [-0.25, -0.2) is 29.0 Å². The van der Waals surface area contributed by atoms with Crippen molar-refractivity contribution in [2.75, 3.05) is 26.4 Å². The molecule has 3 rings (SSSR count).